The van der Waals surface area contributed by atoms with E-state index in [9.17, 15) is 8.42 Å². The molecule has 7 nitrogen and oxygen atoms in total. The Morgan fingerprint density at radius 3 is 2.35 bits per heavy atom. The zero-order chi connectivity index (χ0) is 14.9. The molecule has 2 N–H and O–H groups in total. The number of rotatable bonds is 4. The van der Waals surface area contributed by atoms with Gasteiger partial charge in [-0.1, -0.05) is 0 Å². The largest absolute Gasteiger partial charge is 0.486 e. The van der Waals surface area contributed by atoms with Crippen molar-refractivity contribution < 1.29 is 13.2 Å². The number of benzene rings is 1. The van der Waals surface area contributed by atoms with Crippen molar-refractivity contribution in [1.82, 2.24) is 14.8 Å². The van der Waals surface area contributed by atoms with Gasteiger partial charge in [0.15, 0.2) is 5.82 Å². The molecule has 0 amide bonds. The van der Waals surface area contributed by atoms with Gasteiger partial charge < -0.3 is 9.30 Å². The zero-order valence-electron chi connectivity index (χ0n) is 11.5. The van der Waals surface area contributed by atoms with Crippen LogP contribution >= 0.6 is 0 Å². The number of primary sulfonamides is 1. The second-order valence-corrected chi connectivity index (χ2v) is 6.08. The number of hydrogen-bond acceptors (Lipinski definition) is 5. The summed E-state index contributed by atoms with van der Waals surface area (Å²) in [5, 5.41) is 12.8. The first-order chi connectivity index (χ1) is 9.29. The zero-order valence-corrected chi connectivity index (χ0v) is 12.3. The molecule has 0 aliphatic rings. The van der Waals surface area contributed by atoms with Crippen molar-refractivity contribution in [2.24, 2.45) is 12.2 Å². The molecule has 0 fully saturated rings. The van der Waals surface area contributed by atoms with Gasteiger partial charge in [-0.3, -0.25) is 0 Å². The predicted molar refractivity (Wildman–Crippen MR) is 72.6 cm³/mol. The molecule has 1 aromatic heterocycles. The third kappa shape index (κ3) is 2.97. The topological polar surface area (TPSA) is 100 Å². The molecule has 0 unspecified atom stereocenters. The van der Waals surface area contributed by atoms with Gasteiger partial charge in [-0.05, 0) is 37.1 Å². The monoisotopic (exact) mass is 296 g/mol. The minimum Gasteiger partial charge on any atom is -0.486 e. The number of nitrogens with two attached hydrogens (primary N) is 1. The first-order valence-electron chi connectivity index (χ1n) is 5.89. The number of ether oxygens (including phenoxy) is 1. The highest BCUT2D eigenvalue weighted by Crippen LogP contribution is 2.25. The minimum absolute atomic E-state index is 0.142. The summed E-state index contributed by atoms with van der Waals surface area (Å²) >= 11 is 0. The molecule has 0 aliphatic carbocycles. The van der Waals surface area contributed by atoms with Crippen LogP contribution in [0.25, 0.3) is 0 Å². The van der Waals surface area contributed by atoms with E-state index in [1.807, 2.05) is 7.05 Å². The molecular formula is C12H16N4O3S. The Hall–Kier alpha value is -1.93. The first-order valence-corrected chi connectivity index (χ1v) is 7.43. The molecule has 2 aromatic rings. The van der Waals surface area contributed by atoms with Crippen molar-refractivity contribution >= 4 is 10.0 Å². The van der Waals surface area contributed by atoms with Crippen molar-refractivity contribution in [3.05, 3.63) is 35.4 Å². The Bertz CT molecular complexity index is 714. The molecule has 2 rings (SSSR count). The van der Waals surface area contributed by atoms with Gasteiger partial charge in [0.2, 0.25) is 10.0 Å². The Kier molecular flexibility index (Phi) is 3.78. The van der Waals surface area contributed by atoms with Crippen LogP contribution in [0.1, 0.15) is 17.0 Å². The lowest BCUT2D eigenvalue weighted by Gasteiger charge is -2.11. The van der Waals surface area contributed by atoms with Crippen molar-refractivity contribution in [2.45, 2.75) is 25.3 Å². The Morgan fingerprint density at radius 2 is 1.90 bits per heavy atom. The minimum atomic E-state index is -3.73. The summed E-state index contributed by atoms with van der Waals surface area (Å²) in [6.45, 7) is 3.62. The molecule has 0 saturated carbocycles. The summed E-state index contributed by atoms with van der Waals surface area (Å²) < 4.78 is 30.3. The molecule has 0 bridgehead atoms. The maximum absolute atomic E-state index is 11.5. The summed E-state index contributed by atoms with van der Waals surface area (Å²) in [4.78, 5) is 0.142. The molecular weight excluding hydrogens is 280 g/mol. The van der Waals surface area contributed by atoms with Crippen LogP contribution in [0.5, 0.6) is 5.75 Å². The predicted octanol–water partition coefficient (Wildman–Crippen LogP) is 0.658. The average Bonchev–Trinajstić information content (AvgIpc) is 2.69. The van der Waals surface area contributed by atoms with Crippen LogP contribution in [0.4, 0.5) is 0 Å². The van der Waals surface area contributed by atoms with Gasteiger partial charge in [0.25, 0.3) is 0 Å². The van der Waals surface area contributed by atoms with E-state index in [4.69, 9.17) is 9.88 Å². The molecule has 0 atom stereocenters. The van der Waals surface area contributed by atoms with Crippen LogP contribution in [-0.2, 0) is 23.7 Å². The van der Waals surface area contributed by atoms with Crippen molar-refractivity contribution in [2.75, 3.05) is 0 Å². The van der Waals surface area contributed by atoms with E-state index >= 15 is 0 Å². The molecule has 0 saturated heterocycles. The van der Waals surface area contributed by atoms with E-state index < -0.39 is 10.0 Å². The van der Waals surface area contributed by atoms with Gasteiger partial charge in [0.1, 0.15) is 18.7 Å². The van der Waals surface area contributed by atoms with E-state index in [1.54, 1.807) is 36.9 Å². The smallest absolute Gasteiger partial charge is 0.238 e. The summed E-state index contributed by atoms with van der Waals surface area (Å²) in [6.07, 6.45) is 1.58. The van der Waals surface area contributed by atoms with Gasteiger partial charge in [-0.2, -0.15) is 0 Å². The van der Waals surface area contributed by atoms with Gasteiger partial charge in [0, 0.05) is 7.05 Å². The van der Waals surface area contributed by atoms with Crippen LogP contribution in [0.2, 0.25) is 0 Å². The highest BCUT2D eigenvalue weighted by Gasteiger charge is 2.16. The molecule has 0 spiro atoms. The molecule has 0 aliphatic heterocycles. The normalized spacial score (nSPS) is 11.6. The number of aromatic nitrogens is 3. The summed E-state index contributed by atoms with van der Waals surface area (Å²) in [7, 11) is -1.91. The molecule has 8 heteroatoms. The fraction of sp³-hybridized carbons (Fsp3) is 0.333. The van der Waals surface area contributed by atoms with Crippen molar-refractivity contribution in [3.8, 4) is 5.75 Å². The Balaban J connectivity index is 2.25. The van der Waals surface area contributed by atoms with Gasteiger partial charge >= 0.3 is 0 Å². The molecule has 1 aromatic carbocycles. The summed E-state index contributed by atoms with van der Waals surface area (Å²) in [5.41, 5.74) is 1.11. The summed E-state index contributed by atoms with van der Waals surface area (Å²) in [6, 6.07) is 3.28. The van der Waals surface area contributed by atoms with Crippen LogP contribution in [-0.4, -0.2) is 23.2 Å². The second-order valence-electron chi connectivity index (χ2n) is 4.58. The fourth-order valence-electron chi connectivity index (χ4n) is 2.03. The van der Waals surface area contributed by atoms with E-state index in [2.05, 4.69) is 10.2 Å². The standard InChI is InChI=1S/C12H16N4O3S/c1-8-4-10(5-9(2)12(8)20(13,17)18)19-6-11-15-14-7-16(11)3/h4-5,7H,6H2,1-3H3,(H2,13,17,18). The number of aryl methyl sites for hydroxylation is 3. The molecule has 108 valence electrons. The number of sulfonamides is 1. The lowest BCUT2D eigenvalue weighted by atomic mass is 10.1. The Morgan fingerprint density at radius 1 is 1.30 bits per heavy atom. The first kappa shape index (κ1) is 14.5. The lowest BCUT2D eigenvalue weighted by Crippen LogP contribution is -2.15. The fourth-order valence-corrected chi connectivity index (χ4v) is 3.04. The van der Waals surface area contributed by atoms with Gasteiger partial charge in [-0.25, -0.2) is 13.6 Å². The quantitative estimate of drug-likeness (QED) is 0.893. The maximum Gasteiger partial charge on any atom is 0.238 e. The van der Waals surface area contributed by atoms with Crippen molar-refractivity contribution in [3.63, 3.8) is 0 Å². The average molecular weight is 296 g/mol. The van der Waals surface area contributed by atoms with Gasteiger partial charge in [0.05, 0.1) is 4.90 Å². The second kappa shape index (κ2) is 5.22. The van der Waals surface area contributed by atoms with Crippen LogP contribution in [0.15, 0.2) is 23.4 Å². The van der Waals surface area contributed by atoms with E-state index in [0.29, 0.717) is 22.7 Å². The van der Waals surface area contributed by atoms with Crippen molar-refractivity contribution in [1.29, 1.82) is 0 Å². The lowest BCUT2D eigenvalue weighted by molar-refractivity contribution is 0.290. The van der Waals surface area contributed by atoms with E-state index in [0.717, 1.165) is 0 Å². The third-order valence-electron chi connectivity index (χ3n) is 2.89. The SMILES string of the molecule is Cc1cc(OCc2nncn2C)cc(C)c1S(N)(=O)=O. The highest BCUT2D eigenvalue weighted by molar-refractivity contribution is 7.89. The van der Waals surface area contributed by atoms with Gasteiger partial charge in [-0.15, -0.1) is 10.2 Å². The van der Waals surface area contributed by atoms with Crippen LogP contribution in [0, 0.1) is 13.8 Å². The number of nitrogens with zero attached hydrogens (tertiary/aromatic N) is 3. The van der Waals surface area contributed by atoms with Crippen LogP contribution in [0.3, 0.4) is 0 Å². The van der Waals surface area contributed by atoms with E-state index in [1.165, 1.54) is 0 Å². The van der Waals surface area contributed by atoms with E-state index in [-0.39, 0.29) is 11.5 Å². The van der Waals surface area contributed by atoms with Crippen LogP contribution < -0.4 is 9.88 Å². The highest BCUT2D eigenvalue weighted by atomic mass is 32.2. The molecule has 0 radical (unpaired) electrons. The summed E-state index contributed by atoms with van der Waals surface area (Å²) in [5.74, 6) is 1.24. The molecule has 20 heavy (non-hydrogen) atoms. The molecule has 1 heterocycles. The maximum atomic E-state index is 11.5. The third-order valence-corrected chi connectivity index (χ3v) is 4.10. The Labute approximate surface area is 117 Å². The number of hydrogen-bond donors (Lipinski definition) is 1.